The summed E-state index contributed by atoms with van der Waals surface area (Å²) in [5.74, 6) is -4.23. The molecule has 1 saturated heterocycles. The van der Waals surface area contributed by atoms with Gasteiger partial charge in [-0.1, -0.05) is 57.5 Å². The van der Waals surface area contributed by atoms with Crippen molar-refractivity contribution in [3.8, 4) is 0 Å². The minimum absolute atomic E-state index is 0.105. The number of rotatable bonds is 20. The number of nitrogens with one attached hydrogen (secondary N) is 5. The Morgan fingerprint density at radius 3 is 2.12 bits per heavy atom. The lowest BCUT2D eigenvalue weighted by molar-refractivity contribution is -0.140. The Kier molecular flexibility index (Phi) is 16.2. The molecule has 2 atom stereocenters. The number of ether oxygens (including phenoxy) is 1. The fourth-order valence-electron chi connectivity index (χ4n) is 4.78. The van der Waals surface area contributed by atoms with Crippen LogP contribution in [0.1, 0.15) is 58.4 Å². The van der Waals surface area contributed by atoms with Crippen LogP contribution in [0, 0.1) is 11.3 Å². The smallest absolute Gasteiger partial charge is 0.243 e. The summed E-state index contributed by atoms with van der Waals surface area (Å²) >= 11 is 0. The second-order valence-corrected chi connectivity index (χ2v) is 12.5. The zero-order chi connectivity index (χ0) is 35.7. The highest BCUT2D eigenvalue weighted by Gasteiger charge is 2.44. The van der Waals surface area contributed by atoms with E-state index in [9.17, 15) is 38.4 Å². The van der Waals surface area contributed by atoms with Crippen molar-refractivity contribution in [3.63, 3.8) is 0 Å². The van der Waals surface area contributed by atoms with E-state index in [4.69, 9.17) is 10.5 Å². The van der Waals surface area contributed by atoms with Crippen LogP contribution >= 0.6 is 0 Å². The van der Waals surface area contributed by atoms with Gasteiger partial charge in [0.05, 0.1) is 25.6 Å². The van der Waals surface area contributed by atoms with E-state index in [1.54, 1.807) is 30.3 Å². The number of unbranched alkanes of at least 4 members (excludes halogenated alkanes) is 2. The molecule has 1 unspecified atom stereocenters. The number of nitrogens with zero attached hydrogens (tertiary/aromatic N) is 1. The van der Waals surface area contributed by atoms with Crippen LogP contribution in [0.5, 0.6) is 0 Å². The molecule has 8 amide bonds. The van der Waals surface area contributed by atoms with Gasteiger partial charge in [0.1, 0.15) is 19.4 Å². The lowest BCUT2D eigenvalue weighted by atomic mass is 9.80. The Morgan fingerprint density at radius 2 is 1.48 bits per heavy atom. The molecule has 0 saturated carbocycles. The quantitative estimate of drug-likeness (QED) is 0.0543. The molecule has 2 rings (SSSR count). The van der Waals surface area contributed by atoms with Crippen molar-refractivity contribution in [1.82, 2.24) is 31.5 Å². The van der Waals surface area contributed by atoms with Crippen LogP contribution in [0.15, 0.2) is 30.3 Å². The lowest BCUT2D eigenvalue weighted by Crippen LogP contribution is -2.52. The fraction of sp³-hybridized carbons (Fsp3) is 0.562. The molecule has 16 nitrogen and oxygen atoms in total. The van der Waals surface area contributed by atoms with Crippen molar-refractivity contribution in [2.45, 2.75) is 65.3 Å². The second-order valence-electron chi connectivity index (χ2n) is 12.5. The molecule has 0 radical (unpaired) electrons. The number of carbonyl (C=O) groups is 8. The van der Waals surface area contributed by atoms with E-state index in [1.807, 2.05) is 20.8 Å². The second kappa shape index (κ2) is 19.7. The Balaban J connectivity index is 1.69. The predicted octanol–water partition coefficient (Wildman–Crippen LogP) is -1.38. The zero-order valence-electron chi connectivity index (χ0n) is 27.7. The van der Waals surface area contributed by atoms with Gasteiger partial charge in [-0.05, 0) is 23.8 Å². The molecule has 1 aliphatic heterocycles. The van der Waals surface area contributed by atoms with Crippen molar-refractivity contribution in [2.24, 2.45) is 17.1 Å². The van der Waals surface area contributed by atoms with E-state index in [-0.39, 0.29) is 68.2 Å². The topological polar surface area (TPSA) is 235 Å². The summed E-state index contributed by atoms with van der Waals surface area (Å²) in [6.45, 7) is 4.21. The number of primary amides is 1. The molecular formula is C32H47N7O9. The largest absolute Gasteiger partial charge is 0.368 e. The molecule has 0 bridgehead atoms. The molecular weight excluding hydrogens is 626 g/mol. The van der Waals surface area contributed by atoms with Crippen LogP contribution in [0.25, 0.3) is 0 Å². The van der Waals surface area contributed by atoms with Crippen molar-refractivity contribution in [3.05, 3.63) is 35.9 Å². The molecule has 1 aromatic rings. The minimum atomic E-state index is -1.07. The third-order valence-corrected chi connectivity index (χ3v) is 7.44. The van der Waals surface area contributed by atoms with Gasteiger partial charge in [0.2, 0.25) is 47.3 Å². The Hall–Kier alpha value is -4.86. The van der Waals surface area contributed by atoms with Crippen molar-refractivity contribution in [2.75, 3.05) is 39.5 Å². The number of imide groups is 1. The monoisotopic (exact) mass is 673 g/mol. The van der Waals surface area contributed by atoms with E-state index in [0.29, 0.717) is 25.8 Å². The average Bonchev–Trinajstić information content (AvgIpc) is 3.32. The predicted molar refractivity (Wildman–Crippen MR) is 172 cm³/mol. The summed E-state index contributed by atoms with van der Waals surface area (Å²) in [5.41, 5.74) is 5.39. The van der Waals surface area contributed by atoms with Gasteiger partial charge >= 0.3 is 0 Å². The van der Waals surface area contributed by atoms with Crippen molar-refractivity contribution in [1.29, 1.82) is 0 Å². The summed E-state index contributed by atoms with van der Waals surface area (Å²) in [7, 11) is 0. The molecule has 264 valence electrons. The molecule has 1 heterocycles. The van der Waals surface area contributed by atoms with Gasteiger partial charge in [0.15, 0.2) is 0 Å². The standard InChI is InChI=1S/C32H47N7O9/c1-32(2,3)22-15-29(45)39(31(22)47)13-9-5-8-12-25(41)34-16-26(42)35-18-28(44)38-23(14-21-10-6-4-7-11-21)30(46)36-17-27(43)37-20-48-19-24(33)40/h4,6-7,10-11,22-23H,5,8-9,12-20H2,1-3H3,(H2,33,40)(H,34,41)(H,35,42)(H,36,46)(H,37,43)(H,38,44)/t22?,23-/m0/s1. The van der Waals surface area contributed by atoms with Crippen LogP contribution < -0.4 is 32.3 Å². The first-order chi connectivity index (χ1) is 22.7. The maximum Gasteiger partial charge on any atom is 0.243 e. The van der Waals surface area contributed by atoms with Crippen LogP contribution in [0.3, 0.4) is 0 Å². The van der Waals surface area contributed by atoms with E-state index in [2.05, 4.69) is 26.6 Å². The summed E-state index contributed by atoms with van der Waals surface area (Å²) < 4.78 is 4.83. The normalized spacial score (nSPS) is 15.0. The SMILES string of the molecule is CC(C)(C)C1CC(=O)N(CCCCCC(=O)NCC(=O)NCC(=O)N[C@@H](Cc2ccccc2)C(=O)NCC(=O)NCOCC(N)=O)C1=O. The van der Waals surface area contributed by atoms with E-state index in [0.717, 1.165) is 5.56 Å². The first kappa shape index (κ1) is 39.3. The van der Waals surface area contributed by atoms with Crippen LogP contribution in [-0.2, 0) is 49.5 Å². The molecule has 1 aliphatic rings. The Bertz CT molecular complexity index is 1310. The Morgan fingerprint density at radius 1 is 0.854 bits per heavy atom. The number of amides is 8. The summed E-state index contributed by atoms with van der Waals surface area (Å²) in [6, 6.07) is 7.77. The number of hydrogen-bond acceptors (Lipinski definition) is 9. The molecule has 48 heavy (non-hydrogen) atoms. The van der Waals surface area contributed by atoms with Crippen molar-refractivity contribution < 1.29 is 43.1 Å². The maximum absolute atomic E-state index is 12.8. The third kappa shape index (κ3) is 14.7. The van der Waals surface area contributed by atoms with Gasteiger partial charge < -0.3 is 37.1 Å². The van der Waals surface area contributed by atoms with Gasteiger partial charge in [0, 0.05) is 25.8 Å². The van der Waals surface area contributed by atoms with Crippen LogP contribution in [0.4, 0.5) is 0 Å². The zero-order valence-corrected chi connectivity index (χ0v) is 27.7. The van der Waals surface area contributed by atoms with Crippen LogP contribution in [0.2, 0.25) is 0 Å². The molecule has 16 heteroatoms. The molecule has 0 aromatic heterocycles. The number of benzene rings is 1. The third-order valence-electron chi connectivity index (χ3n) is 7.44. The summed E-state index contributed by atoms with van der Waals surface area (Å²) in [4.78, 5) is 98.6. The molecule has 0 spiro atoms. The Labute approximate surface area is 279 Å². The highest BCUT2D eigenvalue weighted by Crippen LogP contribution is 2.35. The average molecular weight is 674 g/mol. The molecule has 0 aliphatic carbocycles. The highest BCUT2D eigenvalue weighted by atomic mass is 16.5. The minimum Gasteiger partial charge on any atom is -0.368 e. The molecule has 1 aromatic carbocycles. The first-order valence-corrected chi connectivity index (χ1v) is 15.8. The van der Waals surface area contributed by atoms with Crippen molar-refractivity contribution >= 4 is 47.3 Å². The van der Waals surface area contributed by atoms with Gasteiger partial charge in [-0.3, -0.25) is 43.3 Å². The number of carbonyl (C=O) groups excluding carboxylic acids is 8. The lowest BCUT2D eigenvalue weighted by Gasteiger charge is -2.24. The van der Waals surface area contributed by atoms with Gasteiger partial charge in [-0.2, -0.15) is 0 Å². The maximum atomic E-state index is 12.8. The molecule has 1 fully saturated rings. The number of nitrogens with two attached hydrogens (primary N) is 1. The number of hydrogen-bond donors (Lipinski definition) is 6. The summed E-state index contributed by atoms with van der Waals surface area (Å²) in [6.07, 6.45) is 2.16. The van der Waals surface area contributed by atoms with E-state index in [1.165, 1.54) is 4.90 Å². The van der Waals surface area contributed by atoms with Gasteiger partial charge in [0.25, 0.3) is 0 Å². The van der Waals surface area contributed by atoms with E-state index >= 15 is 0 Å². The van der Waals surface area contributed by atoms with Crippen LogP contribution in [-0.4, -0.2) is 97.7 Å². The van der Waals surface area contributed by atoms with Gasteiger partial charge in [-0.15, -0.1) is 0 Å². The first-order valence-electron chi connectivity index (χ1n) is 15.8. The fourth-order valence-corrected chi connectivity index (χ4v) is 4.78. The van der Waals surface area contributed by atoms with E-state index < -0.39 is 48.7 Å². The molecule has 7 N–H and O–H groups in total. The number of likely N-dealkylation sites (tertiary alicyclic amines) is 1. The van der Waals surface area contributed by atoms with Gasteiger partial charge in [-0.25, -0.2) is 0 Å². The summed E-state index contributed by atoms with van der Waals surface area (Å²) in [5, 5.41) is 12.2. The highest BCUT2D eigenvalue weighted by molar-refractivity contribution is 6.03.